The molecule has 0 saturated heterocycles. The minimum absolute atomic E-state index is 0.258. The Morgan fingerprint density at radius 3 is 2.77 bits per heavy atom. The lowest BCUT2D eigenvalue weighted by atomic mass is 10.0. The van der Waals surface area contributed by atoms with E-state index < -0.39 is 0 Å². The van der Waals surface area contributed by atoms with Crippen LogP contribution in [0.25, 0.3) is 22.6 Å². The van der Waals surface area contributed by atoms with Crippen molar-refractivity contribution in [3.8, 4) is 28.4 Å². The highest BCUT2D eigenvalue weighted by Gasteiger charge is 2.23. The molecule has 1 aromatic heterocycles. The predicted molar refractivity (Wildman–Crippen MR) is 87.6 cm³/mol. The summed E-state index contributed by atoms with van der Waals surface area (Å²) in [5.41, 5.74) is 11.6. The van der Waals surface area contributed by atoms with Crippen molar-refractivity contribution in [3.63, 3.8) is 0 Å². The Balaban J connectivity index is 1.93. The molecular formula is C18H17N3O. The maximum absolute atomic E-state index is 9.59. The molecule has 0 unspecified atom stereocenters. The fourth-order valence-corrected chi connectivity index (χ4v) is 3.20. The molecule has 0 spiro atoms. The lowest BCUT2D eigenvalue weighted by Crippen LogP contribution is -2.12. The first kappa shape index (κ1) is 13.0. The van der Waals surface area contributed by atoms with Gasteiger partial charge in [0.05, 0.1) is 0 Å². The predicted octanol–water partition coefficient (Wildman–Crippen LogP) is 3.37. The highest BCUT2D eigenvalue weighted by Crippen LogP contribution is 2.37. The SMILES string of the molecule is Cc1cc(O)ccc1-c1nc2n(c1N)CCc1ccccc1-2. The average molecular weight is 291 g/mol. The molecular weight excluding hydrogens is 274 g/mol. The molecule has 0 bridgehead atoms. The van der Waals surface area contributed by atoms with E-state index in [2.05, 4.69) is 22.8 Å². The average Bonchev–Trinajstić information content (AvgIpc) is 2.85. The number of aryl methyl sites for hydroxylation is 2. The van der Waals surface area contributed by atoms with Crippen molar-refractivity contribution >= 4 is 5.82 Å². The summed E-state index contributed by atoms with van der Waals surface area (Å²) < 4.78 is 2.09. The van der Waals surface area contributed by atoms with E-state index in [0.717, 1.165) is 41.2 Å². The third-order valence-electron chi connectivity index (χ3n) is 4.33. The normalized spacial score (nSPS) is 12.8. The summed E-state index contributed by atoms with van der Waals surface area (Å²) in [7, 11) is 0. The Bertz CT molecular complexity index is 880. The number of hydrogen-bond donors (Lipinski definition) is 2. The number of benzene rings is 2. The highest BCUT2D eigenvalue weighted by molar-refractivity contribution is 5.79. The van der Waals surface area contributed by atoms with E-state index in [9.17, 15) is 5.11 Å². The molecule has 0 fully saturated rings. The number of anilines is 1. The Hall–Kier alpha value is -2.75. The van der Waals surface area contributed by atoms with Crippen LogP contribution in [-0.4, -0.2) is 14.7 Å². The number of hydrogen-bond acceptors (Lipinski definition) is 3. The van der Waals surface area contributed by atoms with Crippen LogP contribution in [0.1, 0.15) is 11.1 Å². The number of nitrogens with zero attached hydrogens (tertiary/aromatic N) is 2. The second-order valence-corrected chi connectivity index (χ2v) is 5.73. The number of phenols is 1. The minimum atomic E-state index is 0.258. The molecule has 0 atom stereocenters. The summed E-state index contributed by atoms with van der Waals surface area (Å²) >= 11 is 0. The molecule has 0 amide bonds. The van der Waals surface area contributed by atoms with Gasteiger partial charge in [-0.2, -0.15) is 0 Å². The van der Waals surface area contributed by atoms with Crippen LogP contribution in [0.4, 0.5) is 5.82 Å². The first-order valence-corrected chi connectivity index (χ1v) is 7.39. The van der Waals surface area contributed by atoms with Crippen LogP contribution in [0.2, 0.25) is 0 Å². The van der Waals surface area contributed by atoms with Crippen LogP contribution >= 0.6 is 0 Å². The van der Waals surface area contributed by atoms with Gasteiger partial charge in [-0.15, -0.1) is 0 Å². The van der Waals surface area contributed by atoms with Gasteiger partial charge in [-0.3, -0.25) is 0 Å². The molecule has 4 heteroatoms. The van der Waals surface area contributed by atoms with Gasteiger partial charge in [0.25, 0.3) is 0 Å². The number of fused-ring (bicyclic) bond motifs is 3. The number of aromatic nitrogens is 2. The number of nitrogen functional groups attached to an aromatic ring is 1. The number of aromatic hydroxyl groups is 1. The second kappa shape index (κ2) is 4.63. The first-order valence-electron chi connectivity index (χ1n) is 7.39. The molecule has 1 aliphatic rings. The zero-order valence-electron chi connectivity index (χ0n) is 12.4. The van der Waals surface area contributed by atoms with Crippen molar-refractivity contribution in [2.75, 3.05) is 5.73 Å². The molecule has 0 aliphatic carbocycles. The van der Waals surface area contributed by atoms with Crippen molar-refractivity contribution in [1.82, 2.24) is 9.55 Å². The summed E-state index contributed by atoms with van der Waals surface area (Å²) in [6.45, 7) is 2.81. The standard InChI is InChI=1S/C18H17N3O/c1-11-10-13(22)6-7-14(11)16-17(19)21-9-8-12-4-2-3-5-15(12)18(21)20-16/h2-7,10,22H,8-9,19H2,1H3. The van der Waals surface area contributed by atoms with Crippen molar-refractivity contribution in [2.24, 2.45) is 0 Å². The molecule has 0 saturated carbocycles. The van der Waals surface area contributed by atoms with Gasteiger partial charge in [-0.05, 0) is 42.7 Å². The maximum atomic E-state index is 9.59. The molecule has 4 rings (SSSR count). The van der Waals surface area contributed by atoms with Gasteiger partial charge in [-0.1, -0.05) is 24.3 Å². The van der Waals surface area contributed by atoms with Crippen LogP contribution in [0.3, 0.4) is 0 Å². The number of nitrogens with two attached hydrogens (primary N) is 1. The zero-order chi connectivity index (χ0) is 15.3. The molecule has 1 aliphatic heterocycles. The Morgan fingerprint density at radius 1 is 1.14 bits per heavy atom. The van der Waals surface area contributed by atoms with E-state index in [1.54, 1.807) is 12.1 Å². The monoisotopic (exact) mass is 291 g/mol. The molecule has 3 aromatic rings. The van der Waals surface area contributed by atoms with Crippen molar-refractivity contribution in [1.29, 1.82) is 0 Å². The maximum Gasteiger partial charge on any atom is 0.142 e. The number of imidazole rings is 1. The van der Waals surface area contributed by atoms with Crippen molar-refractivity contribution in [2.45, 2.75) is 19.9 Å². The molecule has 2 heterocycles. The summed E-state index contributed by atoms with van der Waals surface area (Å²) in [6, 6.07) is 13.6. The van der Waals surface area contributed by atoms with Crippen molar-refractivity contribution < 1.29 is 5.11 Å². The van der Waals surface area contributed by atoms with Gasteiger partial charge in [0.1, 0.15) is 23.1 Å². The minimum Gasteiger partial charge on any atom is -0.508 e. The fourth-order valence-electron chi connectivity index (χ4n) is 3.20. The smallest absolute Gasteiger partial charge is 0.142 e. The van der Waals surface area contributed by atoms with Gasteiger partial charge in [0.2, 0.25) is 0 Å². The molecule has 4 nitrogen and oxygen atoms in total. The molecule has 22 heavy (non-hydrogen) atoms. The zero-order valence-corrected chi connectivity index (χ0v) is 12.4. The Morgan fingerprint density at radius 2 is 1.95 bits per heavy atom. The van der Waals surface area contributed by atoms with Crippen LogP contribution in [0.15, 0.2) is 42.5 Å². The van der Waals surface area contributed by atoms with E-state index in [-0.39, 0.29) is 5.75 Å². The Kier molecular flexibility index (Phi) is 2.73. The number of phenolic OH excluding ortho intramolecular Hbond substituents is 1. The van der Waals surface area contributed by atoms with E-state index in [4.69, 9.17) is 10.7 Å². The van der Waals surface area contributed by atoms with Crippen LogP contribution in [-0.2, 0) is 13.0 Å². The van der Waals surface area contributed by atoms with Gasteiger partial charge >= 0.3 is 0 Å². The first-order chi connectivity index (χ1) is 10.6. The lowest BCUT2D eigenvalue weighted by molar-refractivity contribution is 0.475. The third kappa shape index (κ3) is 1.80. The lowest BCUT2D eigenvalue weighted by Gasteiger charge is -2.18. The van der Waals surface area contributed by atoms with Gasteiger partial charge in [-0.25, -0.2) is 4.98 Å². The van der Waals surface area contributed by atoms with Crippen molar-refractivity contribution in [3.05, 3.63) is 53.6 Å². The molecule has 110 valence electrons. The van der Waals surface area contributed by atoms with Gasteiger partial charge < -0.3 is 15.4 Å². The largest absolute Gasteiger partial charge is 0.508 e. The third-order valence-corrected chi connectivity index (χ3v) is 4.33. The molecule has 0 radical (unpaired) electrons. The van der Waals surface area contributed by atoms with E-state index in [1.165, 1.54) is 5.56 Å². The van der Waals surface area contributed by atoms with Crippen LogP contribution in [0, 0.1) is 6.92 Å². The second-order valence-electron chi connectivity index (χ2n) is 5.73. The van der Waals surface area contributed by atoms with Crippen LogP contribution < -0.4 is 5.73 Å². The molecule has 2 aromatic carbocycles. The van der Waals surface area contributed by atoms with E-state index in [1.807, 2.05) is 19.1 Å². The summed E-state index contributed by atoms with van der Waals surface area (Å²) in [4.78, 5) is 4.81. The Labute approximate surface area is 128 Å². The quantitative estimate of drug-likeness (QED) is 0.722. The summed E-state index contributed by atoms with van der Waals surface area (Å²) in [6.07, 6.45) is 0.970. The van der Waals surface area contributed by atoms with Crippen LogP contribution in [0.5, 0.6) is 5.75 Å². The summed E-state index contributed by atoms with van der Waals surface area (Å²) in [5.74, 6) is 1.88. The fraction of sp³-hybridized carbons (Fsp3) is 0.167. The van der Waals surface area contributed by atoms with E-state index >= 15 is 0 Å². The highest BCUT2D eigenvalue weighted by atomic mass is 16.3. The van der Waals surface area contributed by atoms with Gasteiger partial charge in [0, 0.05) is 17.7 Å². The number of rotatable bonds is 1. The summed E-state index contributed by atoms with van der Waals surface area (Å²) in [5, 5.41) is 9.59. The topological polar surface area (TPSA) is 64.1 Å². The molecule has 3 N–H and O–H groups in total. The van der Waals surface area contributed by atoms with E-state index in [0.29, 0.717) is 5.82 Å². The van der Waals surface area contributed by atoms with Gasteiger partial charge in [0.15, 0.2) is 0 Å².